The van der Waals surface area contributed by atoms with Crippen LogP contribution in [0.2, 0.25) is 0 Å². The maximum absolute atomic E-state index is 12.6. The first-order valence-electron chi connectivity index (χ1n) is 8.02. The van der Waals surface area contributed by atoms with E-state index in [1.165, 1.54) is 13.3 Å². The van der Waals surface area contributed by atoms with Gasteiger partial charge in [0.05, 0.1) is 20.4 Å². The molecule has 1 saturated carbocycles. The second-order valence-corrected chi connectivity index (χ2v) is 6.04. The number of nitrogens with zero attached hydrogens (tertiary/aromatic N) is 2. The molecular weight excluding hydrogens is 310 g/mol. The predicted octanol–water partition coefficient (Wildman–Crippen LogP) is 2.29. The normalized spacial score (nSPS) is 19.8. The Bertz CT molecular complexity index is 680. The standard InChI is InChI=1S/C17H21N3O4/c1-23-13-7-6-12(14(10-13)24-2)11-18-20-15(21)17(19-16(20)22)8-4-3-5-9-17/h6-7,10-11H,3-5,8-9H2,1-2H3,(H,19,22)/b18-11-. The number of methoxy groups -OCH3 is 2. The lowest BCUT2D eigenvalue weighted by atomic mass is 9.82. The highest BCUT2D eigenvalue weighted by molar-refractivity contribution is 6.07. The summed E-state index contributed by atoms with van der Waals surface area (Å²) in [7, 11) is 3.11. The van der Waals surface area contributed by atoms with Crippen LogP contribution in [-0.2, 0) is 4.79 Å². The van der Waals surface area contributed by atoms with Crippen LogP contribution in [0.3, 0.4) is 0 Å². The lowest BCUT2D eigenvalue weighted by Crippen LogP contribution is -2.48. The van der Waals surface area contributed by atoms with Gasteiger partial charge in [0.2, 0.25) is 0 Å². The molecule has 7 nitrogen and oxygen atoms in total. The number of carbonyl (C=O) groups is 2. The summed E-state index contributed by atoms with van der Waals surface area (Å²) in [6, 6.07) is 4.77. The van der Waals surface area contributed by atoms with Crippen molar-refractivity contribution >= 4 is 18.2 Å². The number of hydrogen-bond acceptors (Lipinski definition) is 5. The number of ether oxygens (including phenoxy) is 2. The molecule has 0 unspecified atom stereocenters. The molecule has 0 radical (unpaired) electrons. The Kier molecular flexibility index (Phi) is 4.42. The van der Waals surface area contributed by atoms with Gasteiger partial charge in [0.15, 0.2) is 0 Å². The maximum atomic E-state index is 12.6. The number of amides is 3. The van der Waals surface area contributed by atoms with Crippen LogP contribution < -0.4 is 14.8 Å². The zero-order valence-electron chi connectivity index (χ0n) is 13.9. The Hall–Kier alpha value is -2.57. The second kappa shape index (κ2) is 6.51. The van der Waals surface area contributed by atoms with Crippen molar-refractivity contribution in [2.24, 2.45) is 5.10 Å². The minimum Gasteiger partial charge on any atom is -0.497 e. The number of hydrogen-bond donors (Lipinski definition) is 1. The number of rotatable bonds is 4. The Morgan fingerprint density at radius 2 is 1.92 bits per heavy atom. The summed E-state index contributed by atoms with van der Waals surface area (Å²) in [6.45, 7) is 0. The molecule has 1 aromatic carbocycles. The van der Waals surface area contributed by atoms with E-state index in [0.717, 1.165) is 24.3 Å². The van der Waals surface area contributed by atoms with E-state index < -0.39 is 11.6 Å². The fraction of sp³-hybridized carbons (Fsp3) is 0.471. The van der Waals surface area contributed by atoms with E-state index in [1.807, 2.05) is 0 Å². The van der Waals surface area contributed by atoms with E-state index in [4.69, 9.17) is 9.47 Å². The first kappa shape index (κ1) is 16.3. The van der Waals surface area contributed by atoms with Crippen LogP contribution in [-0.4, -0.2) is 42.9 Å². The minimum atomic E-state index is -0.767. The van der Waals surface area contributed by atoms with Crippen molar-refractivity contribution < 1.29 is 19.1 Å². The molecule has 2 aliphatic rings. The summed E-state index contributed by atoms with van der Waals surface area (Å²) in [4.78, 5) is 24.8. The van der Waals surface area contributed by atoms with Crippen LogP contribution in [0, 0.1) is 0 Å². The Morgan fingerprint density at radius 1 is 1.17 bits per heavy atom. The zero-order chi connectivity index (χ0) is 17.2. The smallest absolute Gasteiger partial charge is 0.346 e. The van der Waals surface area contributed by atoms with Gasteiger partial charge in [-0.25, -0.2) is 4.79 Å². The van der Waals surface area contributed by atoms with Crippen LogP contribution in [0.4, 0.5) is 4.79 Å². The van der Waals surface area contributed by atoms with Gasteiger partial charge in [-0.15, -0.1) is 5.01 Å². The van der Waals surface area contributed by atoms with Gasteiger partial charge in [0.25, 0.3) is 5.91 Å². The second-order valence-electron chi connectivity index (χ2n) is 6.04. The molecule has 1 aliphatic heterocycles. The van der Waals surface area contributed by atoms with Gasteiger partial charge in [0, 0.05) is 11.6 Å². The van der Waals surface area contributed by atoms with Gasteiger partial charge in [-0.05, 0) is 25.0 Å². The molecule has 0 aromatic heterocycles. The quantitative estimate of drug-likeness (QED) is 0.678. The summed E-state index contributed by atoms with van der Waals surface area (Å²) >= 11 is 0. The molecule has 0 bridgehead atoms. The lowest BCUT2D eigenvalue weighted by molar-refractivity contribution is -0.132. The number of imide groups is 1. The topological polar surface area (TPSA) is 80.2 Å². The number of carbonyl (C=O) groups excluding carboxylic acids is 2. The van der Waals surface area contributed by atoms with Gasteiger partial charge in [0.1, 0.15) is 17.0 Å². The highest BCUT2D eigenvalue weighted by Gasteiger charge is 2.51. The van der Waals surface area contributed by atoms with Gasteiger partial charge < -0.3 is 14.8 Å². The minimum absolute atomic E-state index is 0.268. The van der Waals surface area contributed by atoms with E-state index in [0.29, 0.717) is 29.9 Å². The highest BCUT2D eigenvalue weighted by atomic mass is 16.5. The summed E-state index contributed by atoms with van der Waals surface area (Å²) in [5.74, 6) is 0.939. The van der Waals surface area contributed by atoms with Crippen LogP contribution in [0.5, 0.6) is 11.5 Å². The SMILES string of the molecule is COc1ccc(/C=N\N2C(=O)NC3(CCCCC3)C2=O)c(OC)c1. The molecule has 128 valence electrons. The molecule has 1 spiro atoms. The van der Waals surface area contributed by atoms with Crippen LogP contribution in [0.1, 0.15) is 37.7 Å². The first-order valence-corrected chi connectivity index (χ1v) is 8.02. The van der Waals surface area contributed by atoms with Crippen molar-refractivity contribution in [3.8, 4) is 11.5 Å². The fourth-order valence-electron chi connectivity index (χ4n) is 3.25. The highest BCUT2D eigenvalue weighted by Crippen LogP contribution is 2.33. The molecule has 24 heavy (non-hydrogen) atoms. The van der Waals surface area contributed by atoms with Crippen LogP contribution in [0.25, 0.3) is 0 Å². The molecule has 0 atom stereocenters. The Labute approximate surface area is 140 Å². The maximum Gasteiger partial charge on any atom is 0.346 e. The average molecular weight is 331 g/mol. The van der Waals surface area contributed by atoms with Crippen molar-refractivity contribution in [3.05, 3.63) is 23.8 Å². The largest absolute Gasteiger partial charge is 0.497 e. The van der Waals surface area contributed by atoms with E-state index in [1.54, 1.807) is 25.3 Å². The van der Waals surface area contributed by atoms with Crippen molar-refractivity contribution in [1.29, 1.82) is 0 Å². The number of hydrazone groups is 1. The number of urea groups is 1. The molecule has 7 heteroatoms. The molecule has 1 heterocycles. The molecule has 3 amide bonds. The third kappa shape index (κ3) is 2.81. The van der Waals surface area contributed by atoms with Crippen molar-refractivity contribution in [3.63, 3.8) is 0 Å². The molecule has 2 fully saturated rings. The fourth-order valence-corrected chi connectivity index (χ4v) is 3.25. The monoisotopic (exact) mass is 331 g/mol. The third-order valence-electron chi connectivity index (χ3n) is 4.60. The molecule has 1 aliphatic carbocycles. The average Bonchev–Trinajstić information content (AvgIpc) is 2.83. The Balaban J connectivity index is 1.82. The van der Waals surface area contributed by atoms with E-state index in [2.05, 4.69) is 10.4 Å². The van der Waals surface area contributed by atoms with E-state index >= 15 is 0 Å². The van der Waals surface area contributed by atoms with Crippen LogP contribution in [0.15, 0.2) is 23.3 Å². The van der Waals surface area contributed by atoms with Crippen molar-refractivity contribution in [2.75, 3.05) is 14.2 Å². The van der Waals surface area contributed by atoms with Gasteiger partial charge in [-0.3, -0.25) is 4.79 Å². The lowest BCUT2D eigenvalue weighted by Gasteiger charge is -2.29. The number of nitrogens with one attached hydrogen (secondary N) is 1. The Morgan fingerprint density at radius 3 is 2.58 bits per heavy atom. The summed E-state index contributed by atoms with van der Waals surface area (Å²) < 4.78 is 10.4. The van der Waals surface area contributed by atoms with Crippen molar-refractivity contribution in [1.82, 2.24) is 10.3 Å². The van der Waals surface area contributed by atoms with Gasteiger partial charge >= 0.3 is 6.03 Å². The molecule has 1 N–H and O–H groups in total. The van der Waals surface area contributed by atoms with Crippen LogP contribution >= 0.6 is 0 Å². The van der Waals surface area contributed by atoms with E-state index in [-0.39, 0.29) is 5.91 Å². The van der Waals surface area contributed by atoms with Crippen molar-refractivity contribution in [2.45, 2.75) is 37.6 Å². The molecule has 1 aromatic rings. The first-order chi connectivity index (χ1) is 11.6. The third-order valence-corrected chi connectivity index (χ3v) is 4.60. The number of benzene rings is 1. The summed E-state index contributed by atoms with van der Waals surface area (Å²) in [6.07, 6.45) is 5.78. The molecular formula is C17H21N3O4. The summed E-state index contributed by atoms with van der Waals surface area (Å²) in [5, 5.41) is 7.85. The molecule has 3 rings (SSSR count). The molecule has 1 saturated heterocycles. The summed E-state index contributed by atoms with van der Waals surface area (Å²) in [5.41, 5.74) is -0.111. The predicted molar refractivity (Wildman–Crippen MR) is 88.3 cm³/mol. The van der Waals surface area contributed by atoms with Gasteiger partial charge in [-0.1, -0.05) is 19.3 Å². The zero-order valence-corrected chi connectivity index (χ0v) is 13.9. The van der Waals surface area contributed by atoms with E-state index in [9.17, 15) is 9.59 Å². The van der Waals surface area contributed by atoms with Gasteiger partial charge in [-0.2, -0.15) is 5.10 Å².